The maximum absolute atomic E-state index is 12.5. The number of amides is 1. The van der Waals surface area contributed by atoms with E-state index in [9.17, 15) is 9.59 Å². The maximum Gasteiger partial charge on any atom is 0.346 e. The fraction of sp³-hybridized carbons (Fsp3) is 0.609. The average molecular weight is 412 g/mol. The third kappa shape index (κ3) is 5.39. The molecule has 0 atom stereocenters. The zero-order chi connectivity index (χ0) is 20.8. The summed E-state index contributed by atoms with van der Waals surface area (Å²) in [6.07, 6.45) is 9.29. The second-order valence-corrected chi connectivity index (χ2v) is 8.60. The van der Waals surface area contributed by atoms with Crippen molar-refractivity contribution in [1.29, 1.82) is 0 Å². The van der Waals surface area contributed by atoms with E-state index in [-0.39, 0.29) is 18.1 Å². The lowest BCUT2D eigenvalue weighted by molar-refractivity contribution is -0.122. The number of nitrogens with one attached hydrogen (secondary N) is 1. The van der Waals surface area contributed by atoms with Crippen LogP contribution in [0.1, 0.15) is 61.9 Å². The molecule has 162 valence electrons. The molecule has 0 bridgehead atoms. The van der Waals surface area contributed by atoms with Gasteiger partial charge in [0.05, 0.1) is 0 Å². The SMILES string of the molecule is O=C(Cn1nc2n(c1=O)CCCCC2)NCc1ccc(CN2CCCCCC2)cc1. The van der Waals surface area contributed by atoms with E-state index >= 15 is 0 Å². The summed E-state index contributed by atoms with van der Waals surface area (Å²) >= 11 is 0. The van der Waals surface area contributed by atoms with Gasteiger partial charge in [0.15, 0.2) is 0 Å². The Labute approximate surface area is 178 Å². The normalized spacial score (nSPS) is 17.7. The van der Waals surface area contributed by atoms with Gasteiger partial charge in [0.1, 0.15) is 12.4 Å². The van der Waals surface area contributed by atoms with E-state index in [0.717, 1.165) is 43.6 Å². The first-order valence-electron chi connectivity index (χ1n) is 11.4. The highest BCUT2D eigenvalue weighted by molar-refractivity contribution is 5.75. The molecule has 0 saturated carbocycles. The van der Waals surface area contributed by atoms with Gasteiger partial charge >= 0.3 is 5.69 Å². The molecule has 1 amide bonds. The first-order chi connectivity index (χ1) is 14.7. The molecule has 2 aromatic rings. The van der Waals surface area contributed by atoms with Crippen LogP contribution in [-0.2, 0) is 37.4 Å². The summed E-state index contributed by atoms with van der Waals surface area (Å²) in [5, 5.41) is 7.30. The van der Waals surface area contributed by atoms with Gasteiger partial charge in [-0.2, -0.15) is 5.10 Å². The summed E-state index contributed by atoms with van der Waals surface area (Å²) in [5.74, 6) is 0.629. The molecule has 7 heteroatoms. The molecule has 0 unspecified atom stereocenters. The van der Waals surface area contributed by atoms with Crippen molar-refractivity contribution in [2.75, 3.05) is 13.1 Å². The van der Waals surface area contributed by atoms with Crippen LogP contribution in [-0.4, -0.2) is 38.2 Å². The second kappa shape index (κ2) is 10.1. The molecule has 2 aliphatic heterocycles. The number of carbonyl (C=O) groups excluding carboxylic acids is 1. The van der Waals surface area contributed by atoms with Crippen LogP contribution in [0.15, 0.2) is 29.1 Å². The van der Waals surface area contributed by atoms with Gasteiger partial charge in [0, 0.05) is 26.1 Å². The zero-order valence-electron chi connectivity index (χ0n) is 17.8. The van der Waals surface area contributed by atoms with Gasteiger partial charge in [-0.3, -0.25) is 14.3 Å². The van der Waals surface area contributed by atoms with E-state index in [1.807, 2.05) is 0 Å². The number of hydrogen-bond donors (Lipinski definition) is 1. The lowest BCUT2D eigenvalue weighted by Crippen LogP contribution is -2.33. The van der Waals surface area contributed by atoms with Crippen LogP contribution in [0.2, 0.25) is 0 Å². The fourth-order valence-electron chi connectivity index (χ4n) is 4.44. The van der Waals surface area contributed by atoms with Gasteiger partial charge in [-0.05, 0) is 49.9 Å². The molecule has 3 heterocycles. The van der Waals surface area contributed by atoms with Crippen molar-refractivity contribution in [3.8, 4) is 0 Å². The number of fused-ring (bicyclic) bond motifs is 1. The fourth-order valence-corrected chi connectivity index (χ4v) is 4.44. The van der Waals surface area contributed by atoms with Crippen molar-refractivity contribution in [2.45, 2.75) is 77.5 Å². The largest absolute Gasteiger partial charge is 0.350 e. The van der Waals surface area contributed by atoms with E-state index in [1.165, 1.54) is 49.0 Å². The van der Waals surface area contributed by atoms with Gasteiger partial charge in [-0.25, -0.2) is 9.48 Å². The smallest absolute Gasteiger partial charge is 0.346 e. The van der Waals surface area contributed by atoms with Gasteiger partial charge in [-0.1, -0.05) is 43.5 Å². The van der Waals surface area contributed by atoms with Gasteiger partial charge < -0.3 is 5.32 Å². The molecule has 0 aliphatic carbocycles. The molecule has 7 nitrogen and oxygen atoms in total. The van der Waals surface area contributed by atoms with Crippen LogP contribution in [0.5, 0.6) is 0 Å². The molecule has 1 fully saturated rings. The molecule has 1 aromatic carbocycles. The number of benzene rings is 1. The van der Waals surface area contributed by atoms with Crippen molar-refractivity contribution >= 4 is 5.91 Å². The predicted molar refractivity (Wildman–Crippen MR) is 116 cm³/mol. The zero-order valence-corrected chi connectivity index (χ0v) is 17.8. The quantitative estimate of drug-likeness (QED) is 0.793. The van der Waals surface area contributed by atoms with Crippen LogP contribution in [0, 0.1) is 0 Å². The second-order valence-electron chi connectivity index (χ2n) is 8.60. The summed E-state index contributed by atoms with van der Waals surface area (Å²) < 4.78 is 3.03. The van der Waals surface area contributed by atoms with Crippen LogP contribution >= 0.6 is 0 Å². The molecule has 1 N–H and O–H groups in total. The van der Waals surface area contributed by atoms with Crippen LogP contribution in [0.25, 0.3) is 0 Å². The highest BCUT2D eigenvalue weighted by atomic mass is 16.2. The number of rotatable bonds is 6. The molecule has 0 radical (unpaired) electrons. The molecular formula is C23H33N5O2. The third-order valence-corrected chi connectivity index (χ3v) is 6.19. The van der Waals surface area contributed by atoms with Gasteiger partial charge in [-0.15, -0.1) is 0 Å². The monoisotopic (exact) mass is 411 g/mol. The number of nitrogens with zero attached hydrogens (tertiary/aromatic N) is 4. The summed E-state index contributed by atoms with van der Waals surface area (Å²) in [5.41, 5.74) is 2.22. The van der Waals surface area contributed by atoms with Crippen molar-refractivity contribution in [2.24, 2.45) is 0 Å². The van der Waals surface area contributed by atoms with E-state index < -0.39 is 0 Å². The predicted octanol–water partition coefficient (Wildman–Crippen LogP) is 2.46. The van der Waals surface area contributed by atoms with Crippen molar-refractivity contribution in [3.63, 3.8) is 0 Å². The van der Waals surface area contributed by atoms with E-state index in [0.29, 0.717) is 13.1 Å². The maximum atomic E-state index is 12.5. The van der Waals surface area contributed by atoms with E-state index in [1.54, 1.807) is 4.57 Å². The Balaban J connectivity index is 1.27. The topological polar surface area (TPSA) is 72.2 Å². The number of aryl methyl sites for hydroxylation is 1. The molecule has 30 heavy (non-hydrogen) atoms. The van der Waals surface area contributed by atoms with Crippen LogP contribution < -0.4 is 11.0 Å². The first-order valence-corrected chi connectivity index (χ1v) is 11.4. The van der Waals surface area contributed by atoms with Crippen molar-refractivity contribution in [3.05, 3.63) is 51.7 Å². The van der Waals surface area contributed by atoms with Crippen molar-refractivity contribution < 1.29 is 4.79 Å². The third-order valence-electron chi connectivity index (χ3n) is 6.19. The minimum atomic E-state index is -0.181. The van der Waals surface area contributed by atoms with Crippen LogP contribution in [0.3, 0.4) is 0 Å². The molecule has 0 spiro atoms. The number of likely N-dealkylation sites (tertiary alicyclic amines) is 1. The Morgan fingerprint density at radius 3 is 2.33 bits per heavy atom. The molecular weight excluding hydrogens is 378 g/mol. The molecule has 1 saturated heterocycles. The number of hydrogen-bond acceptors (Lipinski definition) is 4. The highest BCUT2D eigenvalue weighted by Crippen LogP contribution is 2.14. The number of aromatic nitrogens is 3. The minimum Gasteiger partial charge on any atom is -0.350 e. The Kier molecular flexibility index (Phi) is 7.00. The van der Waals surface area contributed by atoms with E-state index in [4.69, 9.17) is 0 Å². The summed E-state index contributed by atoms with van der Waals surface area (Å²) in [7, 11) is 0. The highest BCUT2D eigenvalue weighted by Gasteiger charge is 2.17. The summed E-state index contributed by atoms with van der Waals surface area (Å²) in [4.78, 5) is 27.4. The van der Waals surface area contributed by atoms with Gasteiger partial charge in [0.2, 0.25) is 5.91 Å². The number of carbonyl (C=O) groups is 1. The standard InChI is InChI=1S/C23H33N5O2/c29-22(18-28-23(30)27-15-7-3-4-8-21(27)25-28)24-16-19-9-11-20(12-10-19)17-26-13-5-1-2-6-14-26/h9-12H,1-8,13-18H2,(H,24,29). The lowest BCUT2D eigenvalue weighted by Gasteiger charge is -2.19. The molecule has 1 aromatic heterocycles. The Morgan fingerprint density at radius 2 is 1.57 bits per heavy atom. The molecule has 4 rings (SSSR count). The lowest BCUT2D eigenvalue weighted by atomic mass is 10.1. The summed E-state index contributed by atoms with van der Waals surface area (Å²) in [6, 6.07) is 8.48. The summed E-state index contributed by atoms with van der Waals surface area (Å²) in [6.45, 7) is 4.53. The van der Waals surface area contributed by atoms with E-state index in [2.05, 4.69) is 39.6 Å². The average Bonchev–Trinajstić information content (AvgIpc) is 3.00. The minimum absolute atomic E-state index is 0.0219. The molecule has 2 aliphatic rings. The Hall–Kier alpha value is -2.41. The van der Waals surface area contributed by atoms with Crippen molar-refractivity contribution in [1.82, 2.24) is 24.6 Å². The Bertz CT molecular complexity index is 891. The van der Waals surface area contributed by atoms with Gasteiger partial charge in [0.25, 0.3) is 0 Å². The Morgan fingerprint density at radius 1 is 0.900 bits per heavy atom. The first kappa shape index (κ1) is 20.8. The van der Waals surface area contributed by atoms with Crippen LogP contribution in [0.4, 0.5) is 0 Å².